The minimum absolute atomic E-state index is 0.428. The minimum Gasteiger partial charge on any atom is -0.464 e. The van der Waals surface area contributed by atoms with Gasteiger partial charge in [0.1, 0.15) is 17.3 Å². The van der Waals surface area contributed by atoms with Crippen molar-refractivity contribution < 1.29 is 9.21 Å². The zero-order valence-corrected chi connectivity index (χ0v) is 14.5. The number of amides is 1. The van der Waals surface area contributed by atoms with Crippen molar-refractivity contribution in [1.29, 1.82) is 0 Å². The maximum absolute atomic E-state index is 11.6. The monoisotopic (exact) mass is 340 g/mol. The first-order valence-electron chi connectivity index (χ1n) is 8.92. The van der Waals surface area contributed by atoms with Gasteiger partial charge in [-0.2, -0.15) is 0 Å². The maximum atomic E-state index is 11.6. The Labute approximate surface area is 147 Å². The third-order valence-electron chi connectivity index (χ3n) is 5.26. The van der Waals surface area contributed by atoms with Crippen LogP contribution in [-0.2, 0) is 6.54 Å². The van der Waals surface area contributed by atoms with Gasteiger partial charge in [0, 0.05) is 38.3 Å². The Morgan fingerprint density at radius 2 is 2.04 bits per heavy atom. The highest BCUT2D eigenvalue weighted by molar-refractivity contribution is 5.97. The van der Waals surface area contributed by atoms with Gasteiger partial charge < -0.3 is 15.1 Å². The number of nitrogens with two attached hydrogens (primary N) is 1. The van der Waals surface area contributed by atoms with Gasteiger partial charge in [-0.25, -0.2) is 4.98 Å². The van der Waals surface area contributed by atoms with Crippen molar-refractivity contribution >= 4 is 11.7 Å². The maximum Gasteiger partial charge on any atom is 0.252 e. The molecule has 6 nitrogen and oxygen atoms in total. The number of nitrogens with zero attached hydrogens (tertiary/aromatic N) is 3. The second kappa shape index (κ2) is 6.52. The van der Waals surface area contributed by atoms with Crippen molar-refractivity contribution in [3.63, 3.8) is 0 Å². The second-order valence-electron chi connectivity index (χ2n) is 7.13. The molecule has 2 aromatic rings. The van der Waals surface area contributed by atoms with E-state index in [9.17, 15) is 4.79 Å². The van der Waals surface area contributed by atoms with Gasteiger partial charge in [0.25, 0.3) is 5.91 Å². The molecule has 1 saturated carbocycles. The summed E-state index contributed by atoms with van der Waals surface area (Å²) in [5.41, 5.74) is 5.95. The fourth-order valence-corrected chi connectivity index (χ4v) is 3.58. The number of carbonyl (C=O) groups is 1. The van der Waals surface area contributed by atoms with Crippen LogP contribution < -0.4 is 10.6 Å². The number of anilines is 1. The quantitative estimate of drug-likeness (QED) is 0.903. The number of aromatic nitrogens is 1. The highest BCUT2D eigenvalue weighted by atomic mass is 16.3. The molecule has 0 aromatic carbocycles. The van der Waals surface area contributed by atoms with Gasteiger partial charge in [0.15, 0.2) is 0 Å². The number of carbonyl (C=O) groups excluding carboxylic acids is 1. The van der Waals surface area contributed by atoms with Crippen molar-refractivity contribution in [2.24, 2.45) is 11.7 Å². The van der Waals surface area contributed by atoms with Crippen molar-refractivity contribution in [2.45, 2.75) is 25.8 Å². The lowest BCUT2D eigenvalue weighted by atomic mass is 10.2. The molecule has 132 valence electrons. The predicted molar refractivity (Wildman–Crippen MR) is 95.5 cm³/mol. The highest BCUT2D eigenvalue weighted by Crippen LogP contribution is 2.47. The lowest BCUT2D eigenvalue weighted by molar-refractivity contribution is 0.1000. The number of rotatable bonds is 5. The molecule has 2 N–H and O–H groups in total. The normalized spacial score (nSPS) is 23.6. The third kappa shape index (κ3) is 3.39. The lowest BCUT2D eigenvalue weighted by Crippen LogP contribution is -2.46. The van der Waals surface area contributed by atoms with E-state index < -0.39 is 5.91 Å². The minimum atomic E-state index is -0.428. The molecule has 2 fully saturated rings. The van der Waals surface area contributed by atoms with E-state index in [2.05, 4.69) is 33.8 Å². The summed E-state index contributed by atoms with van der Waals surface area (Å²) in [6.45, 7) is 6.56. The van der Waals surface area contributed by atoms with E-state index in [4.69, 9.17) is 10.2 Å². The van der Waals surface area contributed by atoms with Crippen molar-refractivity contribution in [2.75, 3.05) is 31.1 Å². The van der Waals surface area contributed by atoms with Crippen molar-refractivity contribution in [3.8, 4) is 0 Å². The summed E-state index contributed by atoms with van der Waals surface area (Å²) >= 11 is 0. The average Bonchev–Trinajstić information content (AvgIpc) is 3.17. The molecule has 1 amide bonds. The Balaban J connectivity index is 1.36. The zero-order valence-electron chi connectivity index (χ0n) is 14.5. The van der Waals surface area contributed by atoms with E-state index in [1.807, 2.05) is 0 Å². The van der Waals surface area contributed by atoms with Crippen LogP contribution in [0, 0.1) is 5.92 Å². The molecule has 6 heteroatoms. The van der Waals surface area contributed by atoms with E-state index in [1.165, 1.54) is 6.42 Å². The Morgan fingerprint density at radius 3 is 2.72 bits per heavy atom. The number of hydrogen-bond donors (Lipinski definition) is 1. The standard InChI is InChI=1S/C19H24N4O2/c1-13-11-16(13)17-5-4-14(25-17)12-22-7-9-23(10-8-22)19-15(18(20)24)3-2-6-21-19/h2-6,13,16H,7-12H2,1H3,(H2,20,24)/t13-,16+/m0/s1. The van der Waals surface area contributed by atoms with Crippen LogP contribution in [0.15, 0.2) is 34.9 Å². The smallest absolute Gasteiger partial charge is 0.252 e. The van der Waals surface area contributed by atoms with E-state index in [0.29, 0.717) is 17.3 Å². The Morgan fingerprint density at radius 1 is 1.28 bits per heavy atom. The van der Waals surface area contributed by atoms with E-state index in [0.717, 1.165) is 50.2 Å². The summed E-state index contributed by atoms with van der Waals surface area (Å²) in [4.78, 5) is 20.5. The summed E-state index contributed by atoms with van der Waals surface area (Å²) < 4.78 is 6.01. The van der Waals surface area contributed by atoms with Crippen molar-refractivity contribution in [1.82, 2.24) is 9.88 Å². The molecule has 2 atom stereocenters. The predicted octanol–water partition coefficient (Wildman–Crippen LogP) is 2.22. The van der Waals surface area contributed by atoms with Crippen LogP contribution in [0.25, 0.3) is 0 Å². The van der Waals surface area contributed by atoms with Gasteiger partial charge >= 0.3 is 0 Å². The molecule has 2 aromatic heterocycles. The van der Waals surface area contributed by atoms with Crippen LogP contribution in [-0.4, -0.2) is 42.0 Å². The van der Waals surface area contributed by atoms with Crippen LogP contribution in [0.2, 0.25) is 0 Å². The molecular weight excluding hydrogens is 316 g/mol. The molecule has 1 saturated heterocycles. The van der Waals surface area contributed by atoms with Crippen LogP contribution in [0.4, 0.5) is 5.82 Å². The van der Waals surface area contributed by atoms with Gasteiger partial charge in [0.2, 0.25) is 0 Å². The number of pyridine rings is 1. The highest BCUT2D eigenvalue weighted by Gasteiger charge is 2.36. The first kappa shape index (κ1) is 16.1. The fourth-order valence-electron chi connectivity index (χ4n) is 3.58. The molecule has 0 spiro atoms. The topological polar surface area (TPSA) is 75.6 Å². The SMILES string of the molecule is C[C@H]1C[C@H]1c1ccc(CN2CCN(c3ncccc3C(N)=O)CC2)o1. The van der Waals surface area contributed by atoms with Gasteiger partial charge in [-0.1, -0.05) is 6.92 Å². The number of piperazine rings is 1. The van der Waals surface area contributed by atoms with Crippen LogP contribution >= 0.6 is 0 Å². The Hall–Kier alpha value is -2.34. The molecule has 25 heavy (non-hydrogen) atoms. The summed E-state index contributed by atoms with van der Waals surface area (Å²) in [6.07, 6.45) is 2.95. The second-order valence-corrected chi connectivity index (χ2v) is 7.13. The molecule has 3 heterocycles. The summed E-state index contributed by atoms with van der Waals surface area (Å²) in [5.74, 6) is 3.84. The first-order chi connectivity index (χ1) is 12.1. The summed E-state index contributed by atoms with van der Waals surface area (Å²) in [7, 11) is 0. The zero-order chi connectivity index (χ0) is 17.4. The Bertz CT molecular complexity index is 764. The van der Waals surface area contributed by atoms with Crippen LogP contribution in [0.3, 0.4) is 0 Å². The average molecular weight is 340 g/mol. The number of primary amides is 1. The molecule has 0 bridgehead atoms. The number of hydrogen-bond acceptors (Lipinski definition) is 5. The molecular formula is C19H24N4O2. The van der Waals surface area contributed by atoms with E-state index >= 15 is 0 Å². The first-order valence-corrected chi connectivity index (χ1v) is 8.92. The molecule has 1 aliphatic carbocycles. The van der Waals surface area contributed by atoms with Crippen LogP contribution in [0.5, 0.6) is 0 Å². The van der Waals surface area contributed by atoms with Gasteiger partial charge in [-0.3, -0.25) is 9.69 Å². The van der Waals surface area contributed by atoms with Gasteiger partial charge in [0.05, 0.1) is 12.1 Å². The van der Waals surface area contributed by atoms with Gasteiger partial charge in [-0.15, -0.1) is 0 Å². The molecule has 0 unspecified atom stereocenters. The molecule has 4 rings (SSSR count). The largest absolute Gasteiger partial charge is 0.464 e. The molecule has 2 aliphatic rings. The van der Waals surface area contributed by atoms with E-state index in [1.54, 1.807) is 18.3 Å². The fraction of sp³-hybridized carbons (Fsp3) is 0.474. The third-order valence-corrected chi connectivity index (χ3v) is 5.26. The number of furan rings is 1. The van der Waals surface area contributed by atoms with Crippen molar-refractivity contribution in [3.05, 3.63) is 47.5 Å². The molecule has 1 aliphatic heterocycles. The Kier molecular flexibility index (Phi) is 4.21. The summed E-state index contributed by atoms with van der Waals surface area (Å²) in [5, 5.41) is 0. The van der Waals surface area contributed by atoms with Crippen LogP contribution in [0.1, 0.15) is 41.1 Å². The van der Waals surface area contributed by atoms with E-state index in [-0.39, 0.29) is 0 Å². The lowest BCUT2D eigenvalue weighted by Gasteiger charge is -2.35. The van der Waals surface area contributed by atoms with Gasteiger partial charge in [-0.05, 0) is 36.6 Å². The molecule has 0 radical (unpaired) electrons. The summed E-state index contributed by atoms with van der Waals surface area (Å²) in [6, 6.07) is 7.72.